The highest BCUT2D eigenvalue weighted by Crippen LogP contribution is 2.28. The number of hydrogen-bond donors (Lipinski definition) is 2. The summed E-state index contributed by atoms with van der Waals surface area (Å²) in [5.41, 5.74) is 5.10. The Morgan fingerprint density at radius 2 is 1.81 bits per heavy atom. The number of nitrogens with two attached hydrogens (primary N) is 1. The van der Waals surface area contributed by atoms with Gasteiger partial charge < -0.3 is 5.73 Å². The molecule has 0 saturated heterocycles. The van der Waals surface area contributed by atoms with Gasteiger partial charge in [0.25, 0.3) is 10.0 Å². The Hall–Kier alpha value is -1.38. The van der Waals surface area contributed by atoms with E-state index in [1.54, 1.807) is 0 Å². The summed E-state index contributed by atoms with van der Waals surface area (Å²) in [5, 5.41) is 0.266. The first-order valence-corrected chi connectivity index (χ1v) is 8.08. The molecule has 0 spiro atoms. The van der Waals surface area contributed by atoms with Crippen LogP contribution >= 0.6 is 27.5 Å². The molecular weight excluding hydrogens is 390 g/mol. The molecule has 2 aromatic rings. The van der Waals surface area contributed by atoms with E-state index < -0.39 is 27.3 Å². The van der Waals surface area contributed by atoms with E-state index in [0.717, 1.165) is 6.07 Å². The van der Waals surface area contributed by atoms with E-state index in [4.69, 9.17) is 17.3 Å². The lowest BCUT2D eigenvalue weighted by Crippen LogP contribution is -2.15. The standard InChI is InChI=1S/C12H8BrClF2N2O2S/c13-7-4-11(9(16)5-8(7)15)18-21(19,20)12-2-1-6(14)3-10(12)17/h1-5,18H,17H2. The van der Waals surface area contributed by atoms with Gasteiger partial charge in [-0.1, -0.05) is 11.6 Å². The molecule has 0 aliphatic heterocycles. The van der Waals surface area contributed by atoms with E-state index in [9.17, 15) is 17.2 Å². The fourth-order valence-corrected chi connectivity index (χ4v) is 3.26. The predicted octanol–water partition coefficient (Wildman–Crippen LogP) is 3.76. The monoisotopic (exact) mass is 396 g/mol. The maximum absolute atomic E-state index is 13.6. The highest BCUT2D eigenvalue weighted by molar-refractivity contribution is 9.10. The second-order valence-corrected chi connectivity index (χ2v) is 6.98. The molecule has 0 aliphatic rings. The Kier molecular flexibility index (Phi) is 4.40. The van der Waals surface area contributed by atoms with Crippen molar-refractivity contribution in [2.45, 2.75) is 4.90 Å². The third-order valence-corrected chi connectivity index (χ3v) is 4.80. The van der Waals surface area contributed by atoms with E-state index in [1.807, 2.05) is 4.72 Å². The maximum atomic E-state index is 13.6. The van der Waals surface area contributed by atoms with Gasteiger partial charge in [0.2, 0.25) is 0 Å². The number of halogens is 4. The quantitative estimate of drug-likeness (QED) is 0.612. The summed E-state index contributed by atoms with van der Waals surface area (Å²) in [6.45, 7) is 0. The highest BCUT2D eigenvalue weighted by atomic mass is 79.9. The van der Waals surface area contributed by atoms with Gasteiger partial charge in [-0.3, -0.25) is 4.72 Å². The summed E-state index contributed by atoms with van der Waals surface area (Å²) >= 11 is 8.54. The minimum atomic E-state index is -4.13. The van der Waals surface area contributed by atoms with E-state index in [1.165, 1.54) is 18.2 Å². The van der Waals surface area contributed by atoms with Gasteiger partial charge in [-0.05, 0) is 40.2 Å². The first-order valence-electron chi connectivity index (χ1n) is 5.43. The van der Waals surface area contributed by atoms with Crippen LogP contribution < -0.4 is 10.5 Å². The largest absolute Gasteiger partial charge is 0.398 e. The molecule has 0 radical (unpaired) electrons. The Morgan fingerprint density at radius 3 is 2.43 bits per heavy atom. The van der Waals surface area contributed by atoms with Crippen molar-refractivity contribution in [3.8, 4) is 0 Å². The van der Waals surface area contributed by atoms with E-state index in [2.05, 4.69) is 15.9 Å². The van der Waals surface area contributed by atoms with Crippen LogP contribution in [0.1, 0.15) is 0 Å². The van der Waals surface area contributed by atoms with Crippen molar-refractivity contribution in [1.82, 2.24) is 0 Å². The second-order valence-electron chi connectivity index (χ2n) is 4.03. The number of nitrogen functional groups attached to an aromatic ring is 1. The van der Waals surface area contributed by atoms with E-state index in [-0.39, 0.29) is 20.1 Å². The van der Waals surface area contributed by atoms with Crippen molar-refractivity contribution >= 4 is 48.9 Å². The lowest BCUT2D eigenvalue weighted by Gasteiger charge is -2.11. The van der Waals surface area contributed by atoms with E-state index >= 15 is 0 Å². The third-order valence-electron chi connectivity index (χ3n) is 2.52. The van der Waals surface area contributed by atoms with Crippen molar-refractivity contribution in [3.05, 3.63) is 51.5 Å². The van der Waals surface area contributed by atoms with Crippen molar-refractivity contribution in [2.75, 3.05) is 10.5 Å². The van der Waals surface area contributed by atoms with Gasteiger partial charge in [0.15, 0.2) is 0 Å². The molecule has 112 valence electrons. The molecule has 0 fully saturated rings. The second kappa shape index (κ2) is 5.78. The van der Waals surface area contributed by atoms with Crippen molar-refractivity contribution in [2.24, 2.45) is 0 Å². The van der Waals surface area contributed by atoms with Crippen molar-refractivity contribution < 1.29 is 17.2 Å². The summed E-state index contributed by atoms with van der Waals surface area (Å²) in [4.78, 5) is -0.258. The van der Waals surface area contributed by atoms with Crippen LogP contribution in [-0.2, 0) is 10.0 Å². The molecule has 0 bridgehead atoms. The molecule has 0 aromatic heterocycles. The van der Waals surface area contributed by atoms with Gasteiger partial charge in [-0.2, -0.15) is 0 Å². The molecule has 21 heavy (non-hydrogen) atoms. The van der Waals surface area contributed by atoms with Gasteiger partial charge in [0.05, 0.1) is 15.8 Å². The number of sulfonamides is 1. The summed E-state index contributed by atoms with van der Waals surface area (Å²) in [6, 6.07) is 5.33. The molecular formula is C12H8BrClF2N2O2S. The van der Waals surface area contributed by atoms with Crippen LogP contribution in [0.4, 0.5) is 20.2 Å². The molecule has 2 rings (SSSR count). The number of rotatable bonds is 3. The SMILES string of the molecule is Nc1cc(Cl)ccc1S(=O)(=O)Nc1cc(Br)c(F)cc1F. The molecule has 0 unspecified atom stereocenters. The van der Waals surface area contributed by atoms with Crippen LogP contribution in [0.5, 0.6) is 0 Å². The zero-order chi connectivity index (χ0) is 15.8. The third kappa shape index (κ3) is 3.45. The van der Waals surface area contributed by atoms with Crippen molar-refractivity contribution in [1.29, 1.82) is 0 Å². The highest BCUT2D eigenvalue weighted by Gasteiger charge is 2.20. The predicted molar refractivity (Wildman–Crippen MR) is 80.7 cm³/mol. The van der Waals surface area contributed by atoms with Crippen LogP contribution in [0.25, 0.3) is 0 Å². The van der Waals surface area contributed by atoms with Crippen LogP contribution in [-0.4, -0.2) is 8.42 Å². The van der Waals surface area contributed by atoms with Gasteiger partial charge >= 0.3 is 0 Å². The number of nitrogens with one attached hydrogen (secondary N) is 1. The van der Waals surface area contributed by atoms with Crippen LogP contribution in [0.3, 0.4) is 0 Å². The molecule has 0 aliphatic carbocycles. The van der Waals surface area contributed by atoms with Crippen LogP contribution in [0, 0.1) is 11.6 Å². The fraction of sp³-hybridized carbons (Fsp3) is 0. The summed E-state index contributed by atoms with van der Waals surface area (Å²) in [6.07, 6.45) is 0. The summed E-state index contributed by atoms with van der Waals surface area (Å²) in [7, 11) is -4.13. The Labute approximate surface area is 133 Å². The van der Waals surface area contributed by atoms with Crippen molar-refractivity contribution in [3.63, 3.8) is 0 Å². The molecule has 2 aromatic carbocycles. The summed E-state index contributed by atoms with van der Waals surface area (Å²) in [5.74, 6) is -1.90. The lowest BCUT2D eigenvalue weighted by atomic mass is 10.3. The molecule has 4 nitrogen and oxygen atoms in total. The number of hydrogen-bond acceptors (Lipinski definition) is 3. The van der Waals surface area contributed by atoms with Gasteiger partial charge in [0, 0.05) is 11.1 Å². The topological polar surface area (TPSA) is 72.2 Å². The molecule has 0 heterocycles. The van der Waals surface area contributed by atoms with Gasteiger partial charge in [0.1, 0.15) is 16.5 Å². The number of anilines is 2. The Balaban J connectivity index is 2.45. The molecule has 0 amide bonds. The normalized spacial score (nSPS) is 11.4. The molecule has 0 saturated carbocycles. The zero-order valence-corrected chi connectivity index (χ0v) is 13.4. The zero-order valence-electron chi connectivity index (χ0n) is 10.2. The average Bonchev–Trinajstić information content (AvgIpc) is 2.35. The Bertz CT molecular complexity index is 815. The average molecular weight is 398 g/mol. The Morgan fingerprint density at radius 1 is 1.14 bits per heavy atom. The maximum Gasteiger partial charge on any atom is 0.264 e. The summed E-state index contributed by atoms with van der Waals surface area (Å²) < 4.78 is 53.0. The lowest BCUT2D eigenvalue weighted by molar-refractivity contribution is 0.579. The molecule has 9 heteroatoms. The first kappa shape index (κ1) is 16.0. The van der Waals surface area contributed by atoms with Gasteiger partial charge in [-0.15, -0.1) is 0 Å². The minimum absolute atomic E-state index is 0.0781. The van der Waals surface area contributed by atoms with E-state index in [0.29, 0.717) is 6.07 Å². The molecule has 0 atom stereocenters. The minimum Gasteiger partial charge on any atom is -0.398 e. The van der Waals surface area contributed by atoms with Crippen LogP contribution in [0.15, 0.2) is 39.7 Å². The van der Waals surface area contributed by atoms with Gasteiger partial charge in [-0.25, -0.2) is 17.2 Å². The number of benzene rings is 2. The smallest absolute Gasteiger partial charge is 0.264 e. The van der Waals surface area contributed by atoms with Crippen LogP contribution in [0.2, 0.25) is 5.02 Å². The fourth-order valence-electron chi connectivity index (χ4n) is 1.56. The first-order chi connectivity index (χ1) is 9.70. The molecule has 3 N–H and O–H groups in total.